The van der Waals surface area contributed by atoms with E-state index in [-0.39, 0.29) is 11.5 Å². The van der Waals surface area contributed by atoms with Gasteiger partial charge in [0.2, 0.25) is 0 Å². The fourth-order valence-electron chi connectivity index (χ4n) is 7.96. The van der Waals surface area contributed by atoms with Crippen molar-refractivity contribution >= 4 is 5.71 Å². The summed E-state index contributed by atoms with van der Waals surface area (Å²) in [5.41, 5.74) is 4.59. The highest BCUT2D eigenvalue weighted by atomic mass is 16.6. The maximum atomic E-state index is 10.2. The minimum Gasteiger partial charge on any atom is -0.394 e. The van der Waals surface area contributed by atoms with Gasteiger partial charge >= 0.3 is 0 Å². The van der Waals surface area contributed by atoms with Crippen LogP contribution in [0.4, 0.5) is 0 Å². The Hall–Kier alpha value is -1.17. The highest BCUT2D eigenvalue weighted by molar-refractivity contribution is 5.99. The molecule has 32 heavy (non-hydrogen) atoms. The number of fused-ring (bicyclic) bond motifs is 5. The number of rotatable bonds is 5. The minimum absolute atomic E-state index is 0.124. The molecule has 5 nitrogen and oxygen atoms in total. The number of morpholine rings is 1. The van der Waals surface area contributed by atoms with Crippen LogP contribution in [0, 0.1) is 28.6 Å². The smallest absolute Gasteiger partial charge is 0.129 e. The van der Waals surface area contributed by atoms with Crippen molar-refractivity contribution in [3.63, 3.8) is 0 Å². The first-order valence-corrected chi connectivity index (χ1v) is 13.0. The second-order valence-corrected chi connectivity index (χ2v) is 11.4. The van der Waals surface area contributed by atoms with Crippen LogP contribution in [-0.2, 0) is 9.57 Å². The summed E-state index contributed by atoms with van der Waals surface area (Å²) in [6, 6.07) is 0. The van der Waals surface area contributed by atoms with Gasteiger partial charge in [-0.15, -0.1) is 0 Å². The Labute approximate surface area is 193 Å². The molecular formula is C27H42N2O3. The Balaban J connectivity index is 1.24. The molecule has 1 aliphatic heterocycles. The van der Waals surface area contributed by atoms with Crippen molar-refractivity contribution in [3.8, 4) is 0 Å². The first-order chi connectivity index (χ1) is 15.4. The normalized spacial score (nSPS) is 42.4. The number of hydrogen-bond donors (Lipinski definition) is 1. The molecule has 1 N–H and O–H groups in total. The lowest BCUT2D eigenvalue weighted by atomic mass is 9.47. The van der Waals surface area contributed by atoms with Gasteiger partial charge in [0, 0.05) is 19.6 Å². The largest absolute Gasteiger partial charge is 0.394 e. The maximum Gasteiger partial charge on any atom is 0.129 e. The number of hydrogen-bond acceptors (Lipinski definition) is 5. The van der Waals surface area contributed by atoms with Crippen molar-refractivity contribution in [2.24, 2.45) is 33.7 Å². The number of nitrogens with zero attached hydrogens (tertiary/aromatic N) is 2. The van der Waals surface area contributed by atoms with Crippen LogP contribution in [0.2, 0.25) is 0 Å². The molecule has 5 rings (SSSR count). The van der Waals surface area contributed by atoms with Crippen LogP contribution < -0.4 is 0 Å². The summed E-state index contributed by atoms with van der Waals surface area (Å²) in [6.45, 7) is 12.3. The highest BCUT2D eigenvalue weighted by Crippen LogP contribution is 2.65. The lowest BCUT2D eigenvalue weighted by Gasteiger charge is -2.57. The molecule has 5 aliphatic rings. The summed E-state index contributed by atoms with van der Waals surface area (Å²) < 4.78 is 5.42. The molecule has 0 amide bonds. The standard InChI is InChI=1S/C27H42N2O3/c1-19(28-32-17-14-29-12-15-31-16-13-29)23-6-7-24-22-5-4-20-18-21(30)8-10-26(20,2)25(22)9-11-27(23,24)3/h4,6,21-22,24-25,30H,5,7-18H2,1-3H3/b28-19+. The predicted octanol–water partition coefficient (Wildman–Crippen LogP) is 4.57. The Morgan fingerprint density at radius 1 is 1.12 bits per heavy atom. The van der Waals surface area contributed by atoms with Crippen LogP contribution in [0.1, 0.15) is 65.7 Å². The van der Waals surface area contributed by atoms with Gasteiger partial charge < -0.3 is 14.7 Å². The minimum atomic E-state index is -0.124. The van der Waals surface area contributed by atoms with E-state index in [1.54, 1.807) is 5.57 Å². The highest BCUT2D eigenvalue weighted by Gasteiger charge is 2.56. The van der Waals surface area contributed by atoms with Crippen LogP contribution in [-0.4, -0.2) is 61.3 Å². The van der Waals surface area contributed by atoms with Crippen LogP contribution in [0.25, 0.3) is 0 Å². The molecule has 2 saturated carbocycles. The number of oxime groups is 1. The fraction of sp³-hybridized carbons (Fsp3) is 0.815. The molecule has 178 valence electrons. The van der Waals surface area contributed by atoms with Crippen molar-refractivity contribution in [1.82, 2.24) is 4.90 Å². The van der Waals surface area contributed by atoms with E-state index in [1.807, 2.05) is 0 Å². The second kappa shape index (κ2) is 8.88. The van der Waals surface area contributed by atoms with E-state index < -0.39 is 0 Å². The van der Waals surface area contributed by atoms with Crippen molar-refractivity contribution in [2.75, 3.05) is 39.5 Å². The van der Waals surface area contributed by atoms with Crippen molar-refractivity contribution in [2.45, 2.75) is 71.8 Å². The Kier molecular flexibility index (Phi) is 6.28. The van der Waals surface area contributed by atoms with Gasteiger partial charge in [0.25, 0.3) is 0 Å². The van der Waals surface area contributed by atoms with E-state index in [9.17, 15) is 5.11 Å². The Bertz CT molecular complexity index is 799. The SMILES string of the molecule is C/C(=N\OCCN1CCOCC1)C1=CCC2C3CC=C4CC(O)CCC4(C)C3CCC12C. The number of aliphatic hydroxyl groups is 1. The summed E-state index contributed by atoms with van der Waals surface area (Å²) in [5.74, 6) is 2.22. The molecule has 0 radical (unpaired) electrons. The van der Waals surface area contributed by atoms with Gasteiger partial charge in [0.1, 0.15) is 6.61 Å². The lowest BCUT2D eigenvalue weighted by Crippen LogP contribution is -2.50. The molecule has 1 saturated heterocycles. The molecule has 6 unspecified atom stereocenters. The topological polar surface area (TPSA) is 54.3 Å². The van der Waals surface area contributed by atoms with E-state index in [4.69, 9.17) is 9.57 Å². The van der Waals surface area contributed by atoms with Gasteiger partial charge in [-0.1, -0.05) is 36.7 Å². The molecule has 4 aliphatic carbocycles. The van der Waals surface area contributed by atoms with Crippen LogP contribution in [0.15, 0.2) is 28.5 Å². The molecule has 3 fully saturated rings. The third-order valence-electron chi connectivity index (χ3n) is 9.85. The van der Waals surface area contributed by atoms with Crippen molar-refractivity contribution < 1.29 is 14.7 Å². The summed E-state index contributed by atoms with van der Waals surface area (Å²) in [5, 5.41) is 14.8. The van der Waals surface area contributed by atoms with Gasteiger partial charge in [-0.25, -0.2) is 0 Å². The van der Waals surface area contributed by atoms with E-state index in [1.165, 1.54) is 31.3 Å². The zero-order valence-electron chi connectivity index (χ0n) is 20.3. The summed E-state index contributed by atoms with van der Waals surface area (Å²) in [7, 11) is 0. The molecular weight excluding hydrogens is 400 g/mol. The number of allylic oxidation sites excluding steroid dienone is 3. The van der Waals surface area contributed by atoms with E-state index in [0.717, 1.165) is 69.7 Å². The molecule has 5 heteroatoms. The first-order valence-electron chi connectivity index (χ1n) is 13.0. The summed E-state index contributed by atoms with van der Waals surface area (Å²) in [4.78, 5) is 8.16. The zero-order chi connectivity index (χ0) is 22.3. The molecule has 0 spiro atoms. The molecule has 1 heterocycles. The second-order valence-electron chi connectivity index (χ2n) is 11.4. The summed E-state index contributed by atoms with van der Waals surface area (Å²) >= 11 is 0. The average molecular weight is 443 g/mol. The monoisotopic (exact) mass is 442 g/mol. The van der Waals surface area contributed by atoms with Gasteiger partial charge in [0.05, 0.1) is 25.0 Å². The summed E-state index contributed by atoms with van der Waals surface area (Å²) in [6.07, 6.45) is 12.8. The third-order valence-corrected chi connectivity index (χ3v) is 9.85. The van der Waals surface area contributed by atoms with Crippen molar-refractivity contribution in [1.29, 1.82) is 0 Å². The first kappa shape index (κ1) is 22.6. The number of ether oxygens (including phenoxy) is 1. The van der Waals surface area contributed by atoms with E-state index in [0.29, 0.717) is 17.9 Å². The molecule has 0 bridgehead atoms. The van der Waals surface area contributed by atoms with Crippen LogP contribution in [0.3, 0.4) is 0 Å². The maximum absolute atomic E-state index is 10.2. The van der Waals surface area contributed by atoms with Crippen LogP contribution in [0.5, 0.6) is 0 Å². The lowest BCUT2D eigenvalue weighted by molar-refractivity contribution is -0.0280. The quantitative estimate of drug-likeness (QED) is 0.293. The van der Waals surface area contributed by atoms with Gasteiger partial charge in [-0.3, -0.25) is 4.90 Å². The Morgan fingerprint density at radius 2 is 1.91 bits per heavy atom. The zero-order valence-corrected chi connectivity index (χ0v) is 20.3. The molecule has 0 aromatic rings. The van der Waals surface area contributed by atoms with Crippen molar-refractivity contribution in [3.05, 3.63) is 23.3 Å². The number of aliphatic hydroxyl groups excluding tert-OH is 1. The Morgan fingerprint density at radius 3 is 2.72 bits per heavy atom. The van der Waals surface area contributed by atoms with Crippen LogP contribution >= 0.6 is 0 Å². The molecule has 6 atom stereocenters. The van der Waals surface area contributed by atoms with Gasteiger partial charge in [-0.05, 0) is 86.0 Å². The molecule has 0 aromatic carbocycles. The third kappa shape index (κ3) is 3.88. The van der Waals surface area contributed by atoms with Gasteiger partial charge in [0.15, 0.2) is 0 Å². The van der Waals surface area contributed by atoms with Gasteiger partial charge in [-0.2, -0.15) is 0 Å². The fourth-order valence-corrected chi connectivity index (χ4v) is 7.96. The van der Waals surface area contributed by atoms with E-state index in [2.05, 4.69) is 43.0 Å². The average Bonchev–Trinajstić information content (AvgIpc) is 3.15. The molecule has 0 aromatic heterocycles. The predicted molar refractivity (Wildman–Crippen MR) is 127 cm³/mol. The van der Waals surface area contributed by atoms with E-state index >= 15 is 0 Å².